The number of anilines is 1. The third-order valence-electron chi connectivity index (χ3n) is 2.97. The van der Waals surface area contributed by atoms with Crippen LogP contribution in [0.5, 0.6) is 11.8 Å². The van der Waals surface area contributed by atoms with Crippen LogP contribution in [0.1, 0.15) is 25.1 Å². The van der Waals surface area contributed by atoms with E-state index < -0.39 is 5.88 Å². The molecule has 0 radical (unpaired) electrons. The molecule has 0 saturated heterocycles. The predicted octanol–water partition coefficient (Wildman–Crippen LogP) is 1.78. The Labute approximate surface area is 123 Å². The highest BCUT2D eigenvalue weighted by molar-refractivity contribution is 5.37. The largest absolute Gasteiger partial charge is 0.710 e. The number of ether oxygens (including phenoxy) is 1. The zero-order valence-corrected chi connectivity index (χ0v) is 12.1. The number of aromatic nitrogens is 2. The molecule has 0 saturated carbocycles. The van der Waals surface area contributed by atoms with Crippen molar-refractivity contribution in [1.29, 1.82) is 0 Å². The summed E-state index contributed by atoms with van der Waals surface area (Å²) in [5.74, 6) is -0.470. The van der Waals surface area contributed by atoms with E-state index in [2.05, 4.69) is 4.98 Å². The van der Waals surface area contributed by atoms with Gasteiger partial charge < -0.3 is 15.1 Å². The summed E-state index contributed by atoms with van der Waals surface area (Å²) in [7, 11) is 0. The van der Waals surface area contributed by atoms with Gasteiger partial charge in [-0.05, 0) is 11.5 Å². The van der Waals surface area contributed by atoms with Crippen LogP contribution in [-0.2, 0) is 13.0 Å². The van der Waals surface area contributed by atoms with Gasteiger partial charge in [0.2, 0.25) is 0 Å². The second-order valence-corrected chi connectivity index (χ2v) is 5.24. The second-order valence-electron chi connectivity index (χ2n) is 5.24. The molecule has 112 valence electrons. The Balaban J connectivity index is 2.28. The van der Waals surface area contributed by atoms with Crippen LogP contribution >= 0.6 is 0 Å². The summed E-state index contributed by atoms with van der Waals surface area (Å²) in [5, 5.41) is 21.7. The highest BCUT2D eigenvalue weighted by Crippen LogP contribution is 2.23. The lowest BCUT2D eigenvalue weighted by atomic mass is 10.1. The normalized spacial score (nSPS) is 10.8. The number of hydrogen-bond acceptors (Lipinski definition) is 5. The molecule has 1 aromatic carbocycles. The predicted molar refractivity (Wildman–Crippen MR) is 78.6 cm³/mol. The molecule has 0 spiro atoms. The van der Waals surface area contributed by atoms with Crippen molar-refractivity contribution in [3.8, 4) is 11.8 Å². The first-order chi connectivity index (χ1) is 9.99. The molecule has 0 aliphatic carbocycles. The van der Waals surface area contributed by atoms with Crippen LogP contribution in [0.25, 0.3) is 0 Å². The monoisotopic (exact) mass is 289 g/mol. The summed E-state index contributed by atoms with van der Waals surface area (Å²) in [6, 6.07) is 9.52. The fraction of sp³-hybridized carbons (Fsp3) is 0.333. The van der Waals surface area contributed by atoms with Gasteiger partial charge in [0, 0.05) is 6.42 Å². The first-order valence-electron chi connectivity index (χ1n) is 6.76. The van der Waals surface area contributed by atoms with Crippen molar-refractivity contribution in [1.82, 2.24) is 4.98 Å². The Morgan fingerprint density at radius 1 is 1.33 bits per heavy atom. The first kappa shape index (κ1) is 14.9. The highest BCUT2D eigenvalue weighted by atomic mass is 16.5. The minimum atomic E-state index is -0.513. The average Bonchev–Trinajstić information content (AvgIpc) is 2.47. The van der Waals surface area contributed by atoms with Crippen molar-refractivity contribution in [2.24, 2.45) is 5.92 Å². The van der Waals surface area contributed by atoms with Gasteiger partial charge >= 0.3 is 11.7 Å². The van der Waals surface area contributed by atoms with Crippen molar-refractivity contribution in [2.75, 3.05) is 5.73 Å². The van der Waals surface area contributed by atoms with Crippen molar-refractivity contribution in [3.63, 3.8) is 0 Å². The molecule has 0 atom stereocenters. The Morgan fingerprint density at radius 3 is 2.62 bits per heavy atom. The number of nitrogens with two attached hydrogens (primary N) is 1. The van der Waals surface area contributed by atoms with Crippen molar-refractivity contribution >= 4 is 5.82 Å². The van der Waals surface area contributed by atoms with Crippen molar-refractivity contribution < 1.29 is 14.6 Å². The number of benzene rings is 1. The van der Waals surface area contributed by atoms with E-state index >= 15 is 0 Å². The van der Waals surface area contributed by atoms with Crippen LogP contribution in [0.2, 0.25) is 0 Å². The molecule has 3 N–H and O–H groups in total. The minimum absolute atomic E-state index is 0.120. The standard InChI is InChI=1S/C15H19N3O3/c1-10(2)8-12-15(17-14(19)13(16)18(12)20)21-9-11-6-4-3-5-7-11/h3-7,10H,8-9,16H2,1-2H3,(H,17,19). The number of hydrogen-bond donors (Lipinski definition) is 2. The van der Waals surface area contributed by atoms with Crippen molar-refractivity contribution in [2.45, 2.75) is 26.9 Å². The van der Waals surface area contributed by atoms with E-state index in [1.54, 1.807) is 0 Å². The Hall–Kier alpha value is -2.50. The molecule has 1 aromatic heterocycles. The summed E-state index contributed by atoms with van der Waals surface area (Å²) in [6.07, 6.45) is 0.463. The third-order valence-corrected chi connectivity index (χ3v) is 2.97. The zero-order valence-electron chi connectivity index (χ0n) is 12.1. The van der Waals surface area contributed by atoms with Crippen LogP contribution in [0.4, 0.5) is 5.82 Å². The topological polar surface area (TPSA) is 95.3 Å². The molecule has 2 aromatic rings. The van der Waals surface area contributed by atoms with Gasteiger partial charge in [-0.3, -0.25) is 5.73 Å². The minimum Gasteiger partial charge on any atom is -0.710 e. The molecule has 0 unspecified atom stereocenters. The molecule has 0 fully saturated rings. The lowest BCUT2D eigenvalue weighted by Crippen LogP contribution is -2.37. The summed E-state index contributed by atoms with van der Waals surface area (Å²) in [5.41, 5.74) is 6.79. The van der Waals surface area contributed by atoms with Crippen LogP contribution in [0.3, 0.4) is 0 Å². The number of nitrogens with zero attached hydrogens (tertiary/aromatic N) is 2. The average molecular weight is 289 g/mol. The Morgan fingerprint density at radius 2 is 2.00 bits per heavy atom. The maximum atomic E-state index is 12.1. The molecular weight excluding hydrogens is 270 g/mol. The molecule has 21 heavy (non-hydrogen) atoms. The fourth-order valence-electron chi connectivity index (χ4n) is 1.94. The van der Waals surface area contributed by atoms with Gasteiger partial charge in [0.15, 0.2) is 5.69 Å². The number of aromatic hydroxyl groups is 1. The zero-order chi connectivity index (χ0) is 15.4. The van der Waals surface area contributed by atoms with E-state index in [0.717, 1.165) is 5.56 Å². The van der Waals surface area contributed by atoms with Gasteiger partial charge in [-0.2, -0.15) is 4.98 Å². The maximum absolute atomic E-state index is 12.1. The summed E-state index contributed by atoms with van der Waals surface area (Å²) in [6.45, 7) is 4.22. The molecule has 6 nitrogen and oxygen atoms in total. The second kappa shape index (κ2) is 6.30. The fourth-order valence-corrected chi connectivity index (χ4v) is 1.94. The molecule has 2 rings (SSSR count). The summed E-state index contributed by atoms with van der Waals surface area (Å²) >= 11 is 0. The molecule has 0 aliphatic heterocycles. The Bertz CT molecular complexity index is 615. The molecule has 6 heteroatoms. The molecular formula is C15H19N3O3. The first-order valence-corrected chi connectivity index (χ1v) is 6.76. The number of nitrogen functional groups attached to an aromatic ring is 1. The van der Waals surface area contributed by atoms with Crippen LogP contribution < -0.4 is 15.2 Å². The van der Waals surface area contributed by atoms with Crippen LogP contribution in [-0.4, -0.2) is 10.1 Å². The van der Waals surface area contributed by atoms with Gasteiger partial charge in [-0.25, -0.2) is 4.73 Å². The van der Waals surface area contributed by atoms with Crippen LogP contribution in [0, 0.1) is 11.1 Å². The van der Waals surface area contributed by atoms with E-state index in [-0.39, 0.29) is 24.2 Å². The molecule has 1 heterocycles. The van der Waals surface area contributed by atoms with Crippen LogP contribution in [0.15, 0.2) is 30.3 Å². The smallest absolute Gasteiger partial charge is 0.339 e. The van der Waals surface area contributed by atoms with Gasteiger partial charge in [0.1, 0.15) is 6.61 Å². The van der Waals surface area contributed by atoms with Crippen molar-refractivity contribution in [3.05, 3.63) is 46.8 Å². The number of rotatable bonds is 5. The lowest BCUT2D eigenvalue weighted by molar-refractivity contribution is -0.600. The Kier molecular flexibility index (Phi) is 4.47. The molecule has 0 amide bonds. The SMILES string of the molecule is CC(C)Cc1c(OCc2ccccc2)nc(O)c(N)[n+]1[O-]. The van der Waals surface area contributed by atoms with E-state index in [9.17, 15) is 10.3 Å². The maximum Gasteiger partial charge on any atom is 0.339 e. The van der Waals surface area contributed by atoms with E-state index in [0.29, 0.717) is 16.8 Å². The lowest BCUT2D eigenvalue weighted by Gasteiger charge is -2.17. The van der Waals surface area contributed by atoms with E-state index in [4.69, 9.17) is 10.5 Å². The third kappa shape index (κ3) is 3.53. The highest BCUT2D eigenvalue weighted by Gasteiger charge is 2.20. The van der Waals surface area contributed by atoms with E-state index in [1.807, 2.05) is 44.2 Å². The van der Waals surface area contributed by atoms with E-state index in [1.165, 1.54) is 0 Å². The summed E-state index contributed by atoms with van der Waals surface area (Å²) < 4.78 is 6.08. The van der Waals surface area contributed by atoms with Gasteiger partial charge in [-0.15, -0.1) is 0 Å². The van der Waals surface area contributed by atoms with Gasteiger partial charge in [-0.1, -0.05) is 44.2 Å². The summed E-state index contributed by atoms with van der Waals surface area (Å²) in [4.78, 5) is 3.89. The molecule has 0 aliphatic rings. The quantitative estimate of drug-likeness (QED) is 0.646. The van der Waals surface area contributed by atoms with Gasteiger partial charge in [0.05, 0.1) is 0 Å². The van der Waals surface area contributed by atoms with Gasteiger partial charge in [0.25, 0.3) is 5.88 Å². The molecule has 0 bridgehead atoms.